The smallest absolute Gasteiger partial charge is 0.164 e. The zero-order chi connectivity index (χ0) is 32.6. The molecule has 0 saturated carbocycles. The Balaban J connectivity index is 1.16. The number of fused-ring (bicyclic) bond motifs is 3. The van der Waals surface area contributed by atoms with Crippen molar-refractivity contribution in [3.05, 3.63) is 176 Å². The summed E-state index contributed by atoms with van der Waals surface area (Å²) in [5.41, 5.74) is 9.93. The molecule has 9 aromatic rings. The lowest BCUT2D eigenvalue weighted by atomic mass is 10.0. The molecule has 230 valence electrons. The lowest BCUT2D eigenvalue weighted by Gasteiger charge is -2.10. The Labute approximate surface area is 288 Å². The Morgan fingerprint density at radius 2 is 0.571 bits per heavy atom. The van der Waals surface area contributed by atoms with Crippen LogP contribution in [0.25, 0.3) is 87.7 Å². The highest BCUT2D eigenvalue weighted by atomic mass is 32.1. The molecule has 49 heavy (non-hydrogen) atoms. The van der Waals surface area contributed by atoms with Crippen LogP contribution >= 0.6 is 11.3 Å². The summed E-state index contributed by atoms with van der Waals surface area (Å²) in [5.74, 6) is 1.95. The minimum atomic E-state index is 0.647. The maximum absolute atomic E-state index is 5.08. The Morgan fingerprint density at radius 1 is 0.265 bits per heavy atom. The molecule has 0 saturated heterocycles. The van der Waals surface area contributed by atoms with Gasteiger partial charge < -0.3 is 0 Å². The number of thiophene rings is 1. The number of hydrogen-bond acceptors (Lipinski definition) is 4. The Kier molecular flexibility index (Phi) is 7.34. The monoisotopic (exact) mass is 643 g/mol. The van der Waals surface area contributed by atoms with E-state index in [-0.39, 0.29) is 0 Å². The van der Waals surface area contributed by atoms with Gasteiger partial charge in [-0.3, -0.25) is 0 Å². The van der Waals surface area contributed by atoms with E-state index in [0.717, 1.165) is 27.8 Å². The van der Waals surface area contributed by atoms with Gasteiger partial charge in [-0.05, 0) is 63.7 Å². The number of aromatic nitrogens is 3. The molecular weight excluding hydrogens is 615 g/mol. The first-order chi connectivity index (χ1) is 24.2. The van der Waals surface area contributed by atoms with Gasteiger partial charge in [0, 0.05) is 36.9 Å². The average Bonchev–Trinajstić information content (AvgIpc) is 3.56. The molecule has 0 aliphatic heterocycles. The normalized spacial score (nSPS) is 11.3. The summed E-state index contributed by atoms with van der Waals surface area (Å²) in [5, 5.41) is 2.45. The topological polar surface area (TPSA) is 38.7 Å². The third kappa shape index (κ3) is 5.69. The van der Waals surface area contributed by atoms with Crippen molar-refractivity contribution in [1.82, 2.24) is 15.0 Å². The molecule has 0 fully saturated rings. The first-order valence-electron chi connectivity index (χ1n) is 16.4. The molecule has 0 radical (unpaired) electrons. The summed E-state index contributed by atoms with van der Waals surface area (Å²) < 4.78 is 2.51. The molecule has 0 spiro atoms. The third-order valence-electron chi connectivity index (χ3n) is 8.97. The van der Waals surface area contributed by atoms with Crippen LogP contribution in [0.5, 0.6) is 0 Å². The van der Waals surface area contributed by atoms with E-state index in [1.165, 1.54) is 42.4 Å². The molecule has 3 nitrogen and oxygen atoms in total. The molecule has 0 atom stereocenters. The third-order valence-corrected chi connectivity index (χ3v) is 10.1. The van der Waals surface area contributed by atoms with Crippen molar-refractivity contribution in [2.24, 2.45) is 0 Å². The maximum atomic E-state index is 5.08. The van der Waals surface area contributed by atoms with Gasteiger partial charge in [0.25, 0.3) is 0 Å². The summed E-state index contributed by atoms with van der Waals surface area (Å²) in [6.07, 6.45) is 0. The molecule has 2 heterocycles. The van der Waals surface area contributed by atoms with E-state index in [0.29, 0.717) is 17.5 Å². The van der Waals surface area contributed by atoms with Gasteiger partial charge in [-0.2, -0.15) is 0 Å². The maximum Gasteiger partial charge on any atom is 0.164 e. The van der Waals surface area contributed by atoms with Crippen LogP contribution in [0, 0.1) is 0 Å². The predicted molar refractivity (Wildman–Crippen MR) is 205 cm³/mol. The predicted octanol–water partition coefficient (Wildman–Crippen LogP) is 12.2. The van der Waals surface area contributed by atoms with Crippen LogP contribution < -0.4 is 0 Å². The molecule has 0 bridgehead atoms. The molecule has 0 aliphatic carbocycles. The molecule has 0 aliphatic rings. The highest BCUT2D eigenvalue weighted by Gasteiger charge is 2.15. The zero-order valence-corrected chi connectivity index (χ0v) is 27.3. The van der Waals surface area contributed by atoms with E-state index in [1.807, 2.05) is 23.5 Å². The number of rotatable bonds is 6. The van der Waals surface area contributed by atoms with Crippen molar-refractivity contribution < 1.29 is 0 Å². The molecular formula is C45H29N3S. The first kappa shape index (κ1) is 29.0. The van der Waals surface area contributed by atoms with Crippen molar-refractivity contribution in [1.29, 1.82) is 0 Å². The van der Waals surface area contributed by atoms with Crippen molar-refractivity contribution in [2.75, 3.05) is 0 Å². The van der Waals surface area contributed by atoms with E-state index in [4.69, 9.17) is 15.0 Å². The average molecular weight is 644 g/mol. The first-order valence-corrected chi connectivity index (χ1v) is 17.2. The fourth-order valence-corrected chi connectivity index (χ4v) is 7.44. The molecule has 9 rings (SSSR count). The number of nitrogens with zero attached hydrogens (tertiary/aromatic N) is 3. The number of benzene rings is 7. The molecule has 0 amide bonds. The fraction of sp³-hybridized carbons (Fsp3) is 0. The summed E-state index contributed by atoms with van der Waals surface area (Å²) >= 11 is 1.82. The second-order valence-corrected chi connectivity index (χ2v) is 13.2. The van der Waals surface area contributed by atoms with Crippen molar-refractivity contribution in [3.63, 3.8) is 0 Å². The molecule has 7 aromatic carbocycles. The van der Waals surface area contributed by atoms with Crippen molar-refractivity contribution in [3.8, 4) is 67.5 Å². The Hall–Kier alpha value is -6.23. The second kappa shape index (κ2) is 12.4. The van der Waals surface area contributed by atoms with E-state index in [9.17, 15) is 0 Å². The van der Waals surface area contributed by atoms with Gasteiger partial charge in [0.1, 0.15) is 0 Å². The van der Waals surface area contributed by atoms with E-state index < -0.39 is 0 Å². The van der Waals surface area contributed by atoms with Crippen LogP contribution in [0.2, 0.25) is 0 Å². The Bertz CT molecular complexity index is 2460. The largest absolute Gasteiger partial charge is 0.208 e. The standard InChI is InChI=1S/C45H29N3S/c1-4-10-30(11-5-1)33-16-20-35(21-17-33)43-46-44(36-22-18-34(19-23-36)31-12-6-2-7-13-31)48-45(47-43)38-25-27-42-40(29-38)39-28-37(24-26-41(39)49-42)32-14-8-3-9-15-32/h1-29H. The van der Waals surface area contributed by atoms with E-state index in [2.05, 4.69) is 164 Å². The van der Waals surface area contributed by atoms with Crippen LogP contribution in [-0.4, -0.2) is 15.0 Å². The quantitative estimate of drug-likeness (QED) is 0.181. The van der Waals surface area contributed by atoms with Crippen LogP contribution in [0.15, 0.2) is 176 Å². The fourth-order valence-electron chi connectivity index (χ4n) is 6.37. The lowest BCUT2D eigenvalue weighted by molar-refractivity contribution is 1.07. The van der Waals surface area contributed by atoms with Crippen LogP contribution in [0.1, 0.15) is 0 Å². The van der Waals surface area contributed by atoms with Gasteiger partial charge >= 0.3 is 0 Å². The van der Waals surface area contributed by atoms with Gasteiger partial charge in [-0.25, -0.2) is 15.0 Å². The summed E-state index contributed by atoms with van der Waals surface area (Å²) in [6.45, 7) is 0. The SMILES string of the molecule is c1ccc(-c2ccc(-c3nc(-c4ccc(-c5ccccc5)cc4)nc(-c4ccc5sc6ccc(-c7ccccc7)cc6c5c4)n3)cc2)cc1. The van der Waals surface area contributed by atoms with Crippen LogP contribution in [0.3, 0.4) is 0 Å². The highest BCUT2D eigenvalue weighted by molar-refractivity contribution is 7.25. The van der Waals surface area contributed by atoms with Crippen LogP contribution in [-0.2, 0) is 0 Å². The molecule has 0 unspecified atom stereocenters. The van der Waals surface area contributed by atoms with Gasteiger partial charge in [0.05, 0.1) is 0 Å². The summed E-state index contributed by atoms with van der Waals surface area (Å²) in [6, 6.07) is 61.7. The van der Waals surface area contributed by atoms with Crippen LogP contribution in [0.4, 0.5) is 0 Å². The number of hydrogen-bond donors (Lipinski definition) is 0. The van der Waals surface area contributed by atoms with E-state index >= 15 is 0 Å². The Morgan fingerprint density at radius 3 is 1.02 bits per heavy atom. The van der Waals surface area contributed by atoms with Gasteiger partial charge in [0.15, 0.2) is 17.5 Å². The van der Waals surface area contributed by atoms with Gasteiger partial charge in [-0.1, -0.05) is 146 Å². The van der Waals surface area contributed by atoms with E-state index in [1.54, 1.807) is 0 Å². The highest BCUT2D eigenvalue weighted by Crippen LogP contribution is 2.38. The minimum Gasteiger partial charge on any atom is -0.208 e. The lowest BCUT2D eigenvalue weighted by Crippen LogP contribution is -2.00. The minimum absolute atomic E-state index is 0.647. The van der Waals surface area contributed by atoms with Crippen molar-refractivity contribution in [2.45, 2.75) is 0 Å². The molecule has 0 N–H and O–H groups in total. The second-order valence-electron chi connectivity index (χ2n) is 12.1. The van der Waals surface area contributed by atoms with Gasteiger partial charge in [0.2, 0.25) is 0 Å². The molecule has 2 aromatic heterocycles. The summed E-state index contributed by atoms with van der Waals surface area (Å²) in [4.78, 5) is 15.2. The van der Waals surface area contributed by atoms with Gasteiger partial charge in [-0.15, -0.1) is 11.3 Å². The summed E-state index contributed by atoms with van der Waals surface area (Å²) in [7, 11) is 0. The molecule has 4 heteroatoms. The zero-order valence-electron chi connectivity index (χ0n) is 26.5. The van der Waals surface area contributed by atoms with Crippen molar-refractivity contribution >= 4 is 31.5 Å².